The summed E-state index contributed by atoms with van der Waals surface area (Å²) in [6.45, 7) is 2.39. The van der Waals surface area contributed by atoms with E-state index in [0.29, 0.717) is 12.4 Å². The maximum absolute atomic E-state index is 11.0. The highest BCUT2D eigenvalue weighted by atomic mass is 16.5. The third kappa shape index (κ3) is 3.42. The van der Waals surface area contributed by atoms with Crippen LogP contribution < -0.4 is 10.7 Å². The van der Waals surface area contributed by atoms with Crippen LogP contribution >= 0.6 is 0 Å². The molecule has 78 valence electrons. The molecule has 0 saturated carbocycles. The fourth-order valence-electron chi connectivity index (χ4n) is 0.896. The first-order valence-corrected chi connectivity index (χ1v) is 4.51. The van der Waals surface area contributed by atoms with E-state index in [1.807, 2.05) is 6.92 Å². The molecule has 1 heterocycles. The molecule has 0 aliphatic carbocycles. The van der Waals surface area contributed by atoms with Gasteiger partial charge in [-0.2, -0.15) is 5.10 Å². The van der Waals surface area contributed by atoms with Gasteiger partial charge in [0.25, 0.3) is 0 Å². The van der Waals surface area contributed by atoms with Gasteiger partial charge in [0.1, 0.15) is 5.84 Å². The molecule has 0 bridgehead atoms. The van der Waals surface area contributed by atoms with Crippen molar-refractivity contribution in [2.24, 2.45) is 5.10 Å². The summed E-state index contributed by atoms with van der Waals surface area (Å²) in [5, 5.41) is 5.96. The molecular formula is C8H13N3O3. The van der Waals surface area contributed by atoms with Crippen LogP contribution in [0.5, 0.6) is 0 Å². The van der Waals surface area contributed by atoms with Crippen molar-refractivity contribution in [2.45, 2.75) is 26.2 Å². The molecule has 0 aromatic rings. The van der Waals surface area contributed by atoms with E-state index < -0.39 is 6.09 Å². The van der Waals surface area contributed by atoms with E-state index in [0.717, 1.165) is 12.8 Å². The number of amides is 2. The zero-order valence-corrected chi connectivity index (χ0v) is 8.00. The van der Waals surface area contributed by atoms with E-state index in [1.54, 1.807) is 0 Å². The van der Waals surface area contributed by atoms with Gasteiger partial charge in [-0.3, -0.25) is 10.1 Å². The molecule has 0 saturated heterocycles. The van der Waals surface area contributed by atoms with Crippen molar-refractivity contribution in [3.8, 4) is 0 Å². The van der Waals surface area contributed by atoms with Gasteiger partial charge in [0.05, 0.1) is 13.0 Å². The van der Waals surface area contributed by atoms with Crippen LogP contribution in [0.1, 0.15) is 26.2 Å². The van der Waals surface area contributed by atoms with Gasteiger partial charge in [-0.15, -0.1) is 0 Å². The van der Waals surface area contributed by atoms with E-state index in [2.05, 4.69) is 15.8 Å². The topological polar surface area (TPSA) is 79.8 Å². The molecule has 0 radical (unpaired) electrons. The van der Waals surface area contributed by atoms with Gasteiger partial charge in [0, 0.05) is 0 Å². The molecule has 2 N–H and O–H groups in total. The van der Waals surface area contributed by atoms with Gasteiger partial charge < -0.3 is 4.74 Å². The number of amidine groups is 1. The average Bonchev–Trinajstić information content (AvgIpc) is 2.52. The van der Waals surface area contributed by atoms with Gasteiger partial charge in [-0.25, -0.2) is 10.2 Å². The van der Waals surface area contributed by atoms with Crippen LogP contribution in [0.25, 0.3) is 0 Å². The maximum atomic E-state index is 11.0. The predicted octanol–water partition coefficient (Wildman–Crippen LogP) is 0.346. The minimum atomic E-state index is -0.561. The summed E-state index contributed by atoms with van der Waals surface area (Å²) in [6, 6.07) is 0. The van der Waals surface area contributed by atoms with Crippen LogP contribution in [0.15, 0.2) is 5.10 Å². The van der Waals surface area contributed by atoms with Crippen molar-refractivity contribution >= 4 is 17.8 Å². The number of ether oxygens (including phenoxy) is 1. The number of hydrogen-bond donors (Lipinski definition) is 2. The zero-order chi connectivity index (χ0) is 10.4. The summed E-state index contributed by atoms with van der Waals surface area (Å²) in [5.74, 6) is 0.0744. The second-order valence-electron chi connectivity index (χ2n) is 2.88. The van der Waals surface area contributed by atoms with Gasteiger partial charge in [-0.1, -0.05) is 13.3 Å². The van der Waals surface area contributed by atoms with Crippen LogP contribution in [0.4, 0.5) is 4.79 Å². The van der Waals surface area contributed by atoms with E-state index in [1.165, 1.54) is 0 Å². The minimum absolute atomic E-state index is 0.100. The highest BCUT2D eigenvalue weighted by Gasteiger charge is 2.16. The third-order valence-electron chi connectivity index (χ3n) is 1.62. The van der Waals surface area contributed by atoms with Crippen molar-refractivity contribution < 1.29 is 14.3 Å². The molecule has 0 aromatic carbocycles. The maximum Gasteiger partial charge on any atom is 0.412 e. The summed E-state index contributed by atoms with van der Waals surface area (Å²) in [6.07, 6.45) is 1.34. The SMILES string of the molecule is CCCCOC(=O)NC1=NNC(=O)C1. The highest BCUT2D eigenvalue weighted by Crippen LogP contribution is 1.93. The summed E-state index contributed by atoms with van der Waals surface area (Å²) in [5.41, 5.74) is 2.22. The van der Waals surface area contributed by atoms with Crippen LogP contribution in [-0.2, 0) is 9.53 Å². The largest absolute Gasteiger partial charge is 0.449 e. The van der Waals surface area contributed by atoms with Crippen LogP contribution in [0.3, 0.4) is 0 Å². The van der Waals surface area contributed by atoms with Crippen molar-refractivity contribution in [2.75, 3.05) is 6.61 Å². The second kappa shape index (κ2) is 5.21. The Balaban J connectivity index is 2.17. The van der Waals surface area contributed by atoms with Crippen molar-refractivity contribution in [3.63, 3.8) is 0 Å². The lowest BCUT2D eigenvalue weighted by atomic mass is 10.4. The minimum Gasteiger partial charge on any atom is -0.449 e. The molecule has 0 aromatic heterocycles. The summed E-state index contributed by atoms with van der Waals surface area (Å²) >= 11 is 0. The number of hydrogen-bond acceptors (Lipinski definition) is 4. The van der Waals surface area contributed by atoms with E-state index in [-0.39, 0.29) is 12.3 Å². The Labute approximate surface area is 81.7 Å². The van der Waals surface area contributed by atoms with Gasteiger partial charge in [0.2, 0.25) is 5.91 Å². The number of nitrogens with zero attached hydrogens (tertiary/aromatic N) is 1. The number of nitrogens with one attached hydrogen (secondary N) is 2. The second-order valence-corrected chi connectivity index (χ2v) is 2.88. The Morgan fingerprint density at radius 1 is 1.71 bits per heavy atom. The number of alkyl carbamates (subject to hydrolysis) is 1. The highest BCUT2D eigenvalue weighted by molar-refractivity contribution is 6.08. The Hall–Kier alpha value is -1.59. The fraction of sp³-hybridized carbons (Fsp3) is 0.625. The molecule has 0 unspecified atom stereocenters. The molecule has 14 heavy (non-hydrogen) atoms. The smallest absolute Gasteiger partial charge is 0.412 e. The summed E-state index contributed by atoms with van der Waals surface area (Å²) in [4.78, 5) is 21.7. The first kappa shape index (κ1) is 10.5. The van der Waals surface area contributed by atoms with E-state index >= 15 is 0 Å². The normalized spacial score (nSPS) is 14.6. The lowest BCUT2D eigenvalue weighted by molar-refractivity contribution is -0.119. The lowest BCUT2D eigenvalue weighted by Gasteiger charge is -2.04. The number of carbonyl (C=O) groups is 2. The van der Waals surface area contributed by atoms with Crippen LogP contribution in [-0.4, -0.2) is 24.4 Å². The lowest BCUT2D eigenvalue weighted by Crippen LogP contribution is -2.30. The van der Waals surface area contributed by atoms with Gasteiger partial charge >= 0.3 is 6.09 Å². The van der Waals surface area contributed by atoms with E-state index in [9.17, 15) is 9.59 Å². The third-order valence-corrected chi connectivity index (χ3v) is 1.62. The van der Waals surface area contributed by atoms with Crippen LogP contribution in [0, 0.1) is 0 Å². The standard InChI is InChI=1S/C8H13N3O3/c1-2-3-4-14-8(13)9-6-5-7(12)11-10-6/h2-5H2,1H3,(H,11,12)(H,9,10,13). The van der Waals surface area contributed by atoms with Gasteiger partial charge in [0.15, 0.2) is 0 Å². The zero-order valence-electron chi connectivity index (χ0n) is 8.00. The first-order valence-electron chi connectivity index (χ1n) is 4.51. The molecule has 1 rings (SSSR count). The molecule has 0 atom stereocenters. The number of unbranched alkanes of at least 4 members (excludes halogenated alkanes) is 1. The van der Waals surface area contributed by atoms with Gasteiger partial charge in [-0.05, 0) is 6.42 Å². The number of hydrazone groups is 1. The summed E-state index contributed by atoms with van der Waals surface area (Å²) < 4.78 is 4.81. The van der Waals surface area contributed by atoms with Crippen molar-refractivity contribution in [1.29, 1.82) is 0 Å². The van der Waals surface area contributed by atoms with Crippen molar-refractivity contribution in [3.05, 3.63) is 0 Å². The van der Waals surface area contributed by atoms with E-state index in [4.69, 9.17) is 4.74 Å². The predicted molar refractivity (Wildman–Crippen MR) is 49.6 cm³/mol. The molecule has 0 spiro atoms. The van der Waals surface area contributed by atoms with Crippen molar-refractivity contribution in [1.82, 2.24) is 10.7 Å². The first-order chi connectivity index (χ1) is 6.72. The summed E-state index contributed by atoms with van der Waals surface area (Å²) in [7, 11) is 0. The molecule has 1 aliphatic rings. The Kier molecular flexibility index (Phi) is 3.90. The quantitative estimate of drug-likeness (QED) is 0.643. The number of rotatable bonds is 3. The molecule has 2 amide bonds. The Morgan fingerprint density at radius 3 is 3.07 bits per heavy atom. The van der Waals surface area contributed by atoms with Crippen LogP contribution in [0.2, 0.25) is 0 Å². The average molecular weight is 199 g/mol. The Bertz CT molecular complexity index is 263. The molecular weight excluding hydrogens is 186 g/mol. The molecule has 6 heteroatoms. The molecule has 0 fully saturated rings. The Morgan fingerprint density at radius 2 is 2.50 bits per heavy atom. The molecule has 1 aliphatic heterocycles. The fourth-order valence-corrected chi connectivity index (χ4v) is 0.896. The monoisotopic (exact) mass is 199 g/mol. The molecule has 6 nitrogen and oxygen atoms in total. The number of carbonyl (C=O) groups excluding carboxylic acids is 2.